The Kier molecular flexibility index (Phi) is 8.49. The van der Waals surface area contributed by atoms with Crippen LogP contribution in [0.1, 0.15) is 86.2 Å². The predicted molar refractivity (Wildman–Crippen MR) is 172 cm³/mol. The number of nitrogens with one attached hydrogen (secondary N) is 1. The van der Waals surface area contributed by atoms with Crippen LogP contribution in [0.2, 0.25) is 0 Å². The normalized spacial score (nSPS) is 23.6. The highest BCUT2D eigenvalue weighted by atomic mass is 16.5. The minimum absolute atomic E-state index is 0.0520. The Morgan fingerprint density at radius 2 is 1.69 bits per heavy atom. The first-order valence-electron chi connectivity index (χ1n) is 16.7. The van der Waals surface area contributed by atoms with Crippen molar-refractivity contribution >= 4 is 29.5 Å². The van der Waals surface area contributed by atoms with Crippen molar-refractivity contribution < 1.29 is 33.2 Å². The zero-order valence-electron chi connectivity index (χ0n) is 27.1. The number of aryl methyl sites for hydroxylation is 1. The molecule has 5 amide bonds. The van der Waals surface area contributed by atoms with Crippen LogP contribution in [0.4, 0.5) is 0 Å². The largest absolute Gasteiger partial charge is 0.488 e. The standard InChI is InChI=1S/C36H39N5O7/c1-21-18-28(38-48-21)36(46)39-16-15-23(19-39)47-30-13-7-8-22-14-17-40(33(43)25-10-4-3-9-24(25)32(42)37-2)29(31(22)30)20-41-34(44)26-11-5-6-12-27(26)35(41)45/h5-8,11-13,18,23-25,29H,3-4,9-10,14-17,19-20H2,1-2H3,(H,37,42)/t23?,24-,25+,29+/m0/s1. The molecule has 2 aromatic carbocycles. The van der Waals surface area contributed by atoms with Crippen LogP contribution >= 0.6 is 0 Å². The van der Waals surface area contributed by atoms with Crippen LogP contribution in [0, 0.1) is 18.8 Å². The van der Waals surface area contributed by atoms with Crippen molar-refractivity contribution in [2.75, 3.05) is 33.2 Å². The third-order valence-corrected chi connectivity index (χ3v) is 10.2. The molecular formula is C36H39N5O7. The molecule has 4 aliphatic rings. The van der Waals surface area contributed by atoms with Crippen molar-refractivity contribution in [2.45, 2.75) is 57.6 Å². The van der Waals surface area contributed by atoms with E-state index >= 15 is 0 Å². The molecule has 2 fully saturated rings. The van der Waals surface area contributed by atoms with Crippen molar-refractivity contribution in [3.63, 3.8) is 0 Å². The van der Waals surface area contributed by atoms with Crippen LogP contribution in [0.25, 0.3) is 0 Å². The highest BCUT2D eigenvalue weighted by molar-refractivity contribution is 6.21. The van der Waals surface area contributed by atoms with Crippen LogP contribution in [0.3, 0.4) is 0 Å². The van der Waals surface area contributed by atoms with E-state index in [-0.39, 0.29) is 36.1 Å². The number of hydrogen-bond acceptors (Lipinski definition) is 8. The number of ether oxygens (including phenoxy) is 1. The average Bonchev–Trinajstić information content (AvgIpc) is 3.83. The molecule has 1 aliphatic carbocycles. The van der Waals surface area contributed by atoms with Crippen molar-refractivity contribution in [3.8, 4) is 5.75 Å². The third-order valence-electron chi connectivity index (χ3n) is 10.2. The lowest BCUT2D eigenvalue weighted by Crippen LogP contribution is -2.51. The first-order valence-corrected chi connectivity index (χ1v) is 16.7. The molecule has 0 spiro atoms. The number of benzene rings is 2. The third kappa shape index (κ3) is 5.62. The van der Waals surface area contributed by atoms with E-state index in [2.05, 4.69) is 10.5 Å². The molecule has 1 unspecified atom stereocenters. The quantitative estimate of drug-likeness (QED) is 0.382. The second-order valence-electron chi connectivity index (χ2n) is 13.1. The zero-order valence-corrected chi connectivity index (χ0v) is 27.1. The number of fused-ring (bicyclic) bond motifs is 2. The maximum Gasteiger partial charge on any atom is 0.276 e. The Labute approximate surface area is 278 Å². The van der Waals surface area contributed by atoms with E-state index in [1.165, 1.54) is 4.90 Å². The lowest BCUT2D eigenvalue weighted by atomic mass is 9.77. The molecule has 3 aliphatic heterocycles. The second kappa shape index (κ2) is 12.9. The molecule has 48 heavy (non-hydrogen) atoms. The minimum atomic E-state index is -0.691. The maximum absolute atomic E-state index is 14.5. The fourth-order valence-corrected chi connectivity index (χ4v) is 7.83. The van der Waals surface area contributed by atoms with Crippen LogP contribution in [0.5, 0.6) is 5.75 Å². The van der Waals surface area contributed by atoms with Crippen molar-refractivity contribution in [1.82, 2.24) is 25.2 Å². The van der Waals surface area contributed by atoms with Crippen molar-refractivity contribution in [2.24, 2.45) is 11.8 Å². The van der Waals surface area contributed by atoms with Crippen LogP contribution in [-0.2, 0) is 16.0 Å². The molecule has 1 saturated carbocycles. The summed E-state index contributed by atoms with van der Waals surface area (Å²) in [5.74, 6) is -1.17. The molecule has 7 rings (SSSR count). The smallest absolute Gasteiger partial charge is 0.276 e. The van der Waals surface area contributed by atoms with E-state index in [4.69, 9.17) is 9.26 Å². The second-order valence-corrected chi connectivity index (χ2v) is 13.1. The van der Waals surface area contributed by atoms with Crippen molar-refractivity contribution in [1.29, 1.82) is 0 Å². The number of carbonyl (C=O) groups is 5. The summed E-state index contributed by atoms with van der Waals surface area (Å²) in [7, 11) is 1.59. The first kappa shape index (κ1) is 31.6. The van der Waals surface area contributed by atoms with Gasteiger partial charge in [-0.3, -0.25) is 28.9 Å². The van der Waals surface area contributed by atoms with Crippen LogP contribution in [-0.4, -0.2) is 88.7 Å². The lowest BCUT2D eigenvalue weighted by Gasteiger charge is -2.43. The number of likely N-dealkylation sites (tertiary alicyclic amines) is 1. The van der Waals surface area contributed by atoms with E-state index in [0.717, 1.165) is 24.0 Å². The van der Waals surface area contributed by atoms with Gasteiger partial charge in [0.05, 0.1) is 30.3 Å². The van der Waals surface area contributed by atoms with E-state index in [1.54, 1.807) is 54.1 Å². The van der Waals surface area contributed by atoms with Gasteiger partial charge in [0, 0.05) is 50.0 Å². The van der Waals surface area contributed by atoms with E-state index in [9.17, 15) is 24.0 Å². The van der Waals surface area contributed by atoms with Gasteiger partial charge in [0.1, 0.15) is 17.6 Å². The number of amides is 5. The Hall–Kier alpha value is -5.00. The Morgan fingerprint density at radius 3 is 2.38 bits per heavy atom. The average molecular weight is 654 g/mol. The fourth-order valence-electron chi connectivity index (χ4n) is 7.83. The molecule has 1 aromatic heterocycles. The summed E-state index contributed by atoms with van der Waals surface area (Å²) in [5.41, 5.74) is 2.64. The van der Waals surface area contributed by atoms with Gasteiger partial charge < -0.3 is 24.4 Å². The first-order chi connectivity index (χ1) is 23.2. The summed E-state index contributed by atoms with van der Waals surface area (Å²) in [5, 5.41) is 6.61. The Balaban J connectivity index is 1.21. The molecule has 12 heteroatoms. The number of carbonyl (C=O) groups excluding carboxylic acids is 5. The number of nitrogens with zero attached hydrogens (tertiary/aromatic N) is 4. The number of hydrogen-bond donors (Lipinski definition) is 1. The van der Waals surface area contributed by atoms with Gasteiger partial charge in [-0.1, -0.05) is 42.3 Å². The highest BCUT2D eigenvalue weighted by Gasteiger charge is 2.45. The number of aromatic nitrogens is 1. The van der Waals surface area contributed by atoms with E-state index in [0.29, 0.717) is 68.0 Å². The molecule has 250 valence electrons. The number of imide groups is 1. The van der Waals surface area contributed by atoms with Crippen LogP contribution in [0.15, 0.2) is 53.1 Å². The lowest BCUT2D eigenvalue weighted by molar-refractivity contribution is -0.146. The molecular weight excluding hydrogens is 614 g/mol. The summed E-state index contributed by atoms with van der Waals surface area (Å²) in [6, 6.07) is 13.4. The summed E-state index contributed by atoms with van der Waals surface area (Å²) < 4.78 is 11.7. The molecule has 1 N–H and O–H groups in total. The molecule has 4 atom stereocenters. The van der Waals surface area contributed by atoms with Gasteiger partial charge in [-0.25, -0.2) is 0 Å². The van der Waals surface area contributed by atoms with Crippen molar-refractivity contribution in [3.05, 3.63) is 82.2 Å². The van der Waals surface area contributed by atoms with Gasteiger partial charge >= 0.3 is 0 Å². The summed E-state index contributed by atoms with van der Waals surface area (Å²) in [6.45, 7) is 2.89. The predicted octanol–water partition coefficient (Wildman–Crippen LogP) is 3.55. The summed E-state index contributed by atoms with van der Waals surface area (Å²) >= 11 is 0. The van der Waals surface area contributed by atoms with Gasteiger partial charge in [-0.05, 0) is 49.9 Å². The summed E-state index contributed by atoms with van der Waals surface area (Å²) in [4.78, 5) is 72.4. The SMILES string of the molecule is CNC(=O)[C@H]1CCCC[C@H]1C(=O)N1CCc2cccc(OC3CCN(C(=O)c4cc(C)on4)C3)c2[C@H]1CN1C(=O)c2ccccc2C1=O. The molecule has 1 saturated heterocycles. The maximum atomic E-state index is 14.5. The molecule has 4 heterocycles. The van der Waals surface area contributed by atoms with Crippen LogP contribution < -0.4 is 10.1 Å². The van der Waals surface area contributed by atoms with Gasteiger partial charge in [-0.15, -0.1) is 0 Å². The van der Waals surface area contributed by atoms with Gasteiger partial charge in [0.2, 0.25) is 11.8 Å². The highest BCUT2D eigenvalue weighted by Crippen LogP contribution is 2.42. The van der Waals surface area contributed by atoms with E-state index < -0.39 is 29.7 Å². The Bertz CT molecular complexity index is 1750. The van der Waals surface area contributed by atoms with E-state index in [1.807, 2.05) is 18.2 Å². The molecule has 12 nitrogen and oxygen atoms in total. The summed E-state index contributed by atoms with van der Waals surface area (Å²) in [6.07, 6.45) is 3.76. The van der Waals surface area contributed by atoms with Gasteiger partial charge in [-0.2, -0.15) is 0 Å². The minimum Gasteiger partial charge on any atom is -0.488 e. The molecule has 0 bridgehead atoms. The number of rotatable bonds is 7. The topological polar surface area (TPSA) is 142 Å². The van der Waals surface area contributed by atoms with Gasteiger partial charge in [0.25, 0.3) is 17.7 Å². The molecule has 3 aromatic rings. The monoisotopic (exact) mass is 653 g/mol. The van der Waals surface area contributed by atoms with Gasteiger partial charge in [0.15, 0.2) is 5.69 Å². The molecule has 0 radical (unpaired) electrons. The Morgan fingerprint density at radius 1 is 0.958 bits per heavy atom. The zero-order chi connectivity index (χ0) is 33.5. The fraction of sp³-hybridized carbons (Fsp3) is 0.444.